The molecule has 3 nitrogen and oxygen atoms in total. The molecule has 3 heteroatoms. The van der Waals surface area contributed by atoms with Crippen molar-refractivity contribution in [1.29, 1.82) is 0 Å². The Bertz CT molecular complexity index is 276. The molecular formula is C14H24O3. The van der Waals surface area contributed by atoms with Crippen molar-refractivity contribution < 1.29 is 14.3 Å². The van der Waals surface area contributed by atoms with Crippen molar-refractivity contribution in [1.82, 2.24) is 0 Å². The topological polar surface area (TPSA) is 35.5 Å². The lowest BCUT2D eigenvalue weighted by Crippen LogP contribution is -2.27. The van der Waals surface area contributed by atoms with Crippen LogP contribution in [-0.2, 0) is 9.47 Å². The van der Waals surface area contributed by atoms with Crippen LogP contribution in [0.25, 0.3) is 0 Å². The van der Waals surface area contributed by atoms with E-state index in [1.165, 1.54) is 6.42 Å². The molecule has 0 saturated carbocycles. The van der Waals surface area contributed by atoms with Gasteiger partial charge in [-0.3, -0.25) is 0 Å². The molecule has 0 aromatic rings. The first-order chi connectivity index (χ1) is 7.87. The summed E-state index contributed by atoms with van der Waals surface area (Å²) < 4.78 is 10.4. The first kappa shape index (κ1) is 14.1. The average Bonchev–Trinajstić information content (AvgIpc) is 2.10. The van der Waals surface area contributed by atoms with Crippen molar-refractivity contribution in [2.75, 3.05) is 0 Å². The normalized spacial score (nSPS) is 27.8. The summed E-state index contributed by atoms with van der Waals surface area (Å²) in [6.45, 7) is 7.76. The lowest BCUT2D eigenvalue weighted by atomic mass is 9.96. The fourth-order valence-corrected chi connectivity index (χ4v) is 1.84. The summed E-state index contributed by atoms with van der Waals surface area (Å²) in [4.78, 5) is 11.5. The van der Waals surface area contributed by atoms with Gasteiger partial charge < -0.3 is 9.47 Å². The van der Waals surface area contributed by atoms with Crippen LogP contribution in [-0.4, -0.2) is 17.9 Å². The predicted molar refractivity (Wildman–Crippen MR) is 67.9 cm³/mol. The molecule has 2 atom stereocenters. The lowest BCUT2D eigenvalue weighted by Gasteiger charge is -2.22. The van der Waals surface area contributed by atoms with Crippen molar-refractivity contribution >= 4 is 6.16 Å². The van der Waals surface area contributed by atoms with E-state index in [-0.39, 0.29) is 6.10 Å². The van der Waals surface area contributed by atoms with Crippen molar-refractivity contribution in [2.45, 2.75) is 65.1 Å². The third-order valence-electron chi connectivity index (χ3n) is 2.71. The molecule has 0 aromatic carbocycles. The molecule has 1 aliphatic rings. The van der Waals surface area contributed by atoms with Gasteiger partial charge in [0.2, 0.25) is 0 Å². The maximum atomic E-state index is 11.5. The van der Waals surface area contributed by atoms with Gasteiger partial charge in [0.25, 0.3) is 0 Å². The van der Waals surface area contributed by atoms with Gasteiger partial charge in [0, 0.05) is 0 Å². The maximum absolute atomic E-state index is 11.5. The highest BCUT2D eigenvalue weighted by molar-refractivity contribution is 5.60. The van der Waals surface area contributed by atoms with Crippen LogP contribution in [0.3, 0.4) is 0 Å². The Hall–Kier alpha value is -0.990. The molecule has 0 aliphatic heterocycles. The van der Waals surface area contributed by atoms with Gasteiger partial charge in [-0.2, -0.15) is 0 Å². The molecule has 2 unspecified atom stereocenters. The van der Waals surface area contributed by atoms with Crippen LogP contribution in [0.2, 0.25) is 0 Å². The summed E-state index contributed by atoms with van der Waals surface area (Å²) in [6.07, 6.45) is 7.64. The fraction of sp³-hybridized carbons (Fsp3) is 0.786. The molecule has 0 N–H and O–H groups in total. The molecule has 0 fully saturated rings. The molecule has 98 valence electrons. The van der Waals surface area contributed by atoms with Gasteiger partial charge >= 0.3 is 6.16 Å². The summed E-state index contributed by atoms with van der Waals surface area (Å²) in [5, 5.41) is 0. The quantitative estimate of drug-likeness (QED) is 0.512. The van der Waals surface area contributed by atoms with Crippen LogP contribution in [0.4, 0.5) is 4.79 Å². The summed E-state index contributed by atoms with van der Waals surface area (Å²) in [5.74, 6) is 0.730. The van der Waals surface area contributed by atoms with E-state index in [1.54, 1.807) is 0 Å². The monoisotopic (exact) mass is 240 g/mol. The van der Waals surface area contributed by atoms with Gasteiger partial charge in [-0.25, -0.2) is 4.79 Å². The van der Waals surface area contributed by atoms with E-state index in [1.807, 2.05) is 26.8 Å². The average molecular weight is 240 g/mol. The van der Waals surface area contributed by atoms with E-state index in [2.05, 4.69) is 13.0 Å². The molecule has 0 saturated heterocycles. The Morgan fingerprint density at radius 2 is 2.00 bits per heavy atom. The van der Waals surface area contributed by atoms with E-state index >= 15 is 0 Å². The van der Waals surface area contributed by atoms with Crippen LogP contribution >= 0.6 is 0 Å². The molecule has 0 heterocycles. The number of hydrogen-bond acceptors (Lipinski definition) is 3. The Morgan fingerprint density at radius 3 is 2.65 bits per heavy atom. The molecule has 17 heavy (non-hydrogen) atoms. The molecule has 0 spiro atoms. The zero-order chi connectivity index (χ0) is 12.9. The first-order valence-corrected chi connectivity index (χ1v) is 6.43. The third-order valence-corrected chi connectivity index (χ3v) is 2.71. The Labute approximate surface area is 104 Å². The number of allylic oxidation sites excluding steroid dienone is 1. The Kier molecular flexibility index (Phi) is 5.03. The smallest absolute Gasteiger partial charge is 0.429 e. The number of hydrogen-bond donors (Lipinski definition) is 0. The van der Waals surface area contributed by atoms with Gasteiger partial charge in [-0.1, -0.05) is 19.4 Å². The summed E-state index contributed by atoms with van der Waals surface area (Å²) >= 11 is 0. The lowest BCUT2D eigenvalue weighted by molar-refractivity contribution is -0.0201. The molecule has 0 amide bonds. The molecule has 1 rings (SSSR count). The second kappa shape index (κ2) is 6.08. The van der Waals surface area contributed by atoms with Crippen molar-refractivity contribution in [3.8, 4) is 0 Å². The standard InChI is InChI=1S/C14H24O3/c1-11-7-5-9-12(10-6-8-11)16-13(15)17-14(2,3)4/h5,9,11-12H,6-8,10H2,1-4H3/b9-5+. The summed E-state index contributed by atoms with van der Waals surface area (Å²) in [5.41, 5.74) is -0.489. The van der Waals surface area contributed by atoms with Gasteiger partial charge in [0.15, 0.2) is 0 Å². The minimum absolute atomic E-state index is 0.127. The zero-order valence-electron chi connectivity index (χ0n) is 11.4. The molecule has 1 aliphatic carbocycles. The second-order valence-electron chi connectivity index (χ2n) is 5.82. The van der Waals surface area contributed by atoms with Crippen LogP contribution < -0.4 is 0 Å². The van der Waals surface area contributed by atoms with E-state index in [9.17, 15) is 4.79 Å². The fourth-order valence-electron chi connectivity index (χ4n) is 1.84. The number of rotatable bonds is 1. The number of ether oxygens (including phenoxy) is 2. The zero-order valence-corrected chi connectivity index (χ0v) is 11.4. The van der Waals surface area contributed by atoms with E-state index < -0.39 is 11.8 Å². The molecule has 0 bridgehead atoms. The van der Waals surface area contributed by atoms with Gasteiger partial charge in [-0.15, -0.1) is 0 Å². The summed E-state index contributed by atoms with van der Waals surface area (Å²) in [6, 6.07) is 0. The van der Waals surface area contributed by atoms with Gasteiger partial charge in [-0.05, 0) is 52.0 Å². The van der Waals surface area contributed by atoms with Crippen molar-refractivity contribution in [3.63, 3.8) is 0 Å². The van der Waals surface area contributed by atoms with E-state index in [4.69, 9.17) is 9.47 Å². The summed E-state index contributed by atoms with van der Waals surface area (Å²) in [7, 11) is 0. The minimum Gasteiger partial charge on any atom is -0.429 e. The first-order valence-electron chi connectivity index (χ1n) is 6.43. The highest BCUT2D eigenvalue weighted by Gasteiger charge is 2.20. The minimum atomic E-state index is -0.569. The highest BCUT2D eigenvalue weighted by Crippen LogP contribution is 2.20. The van der Waals surface area contributed by atoms with Crippen molar-refractivity contribution in [2.24, 2.45) is 5.92 Å². The molecule has 0 aromatic heterocycles. The Balaban J connectivity index is 2.42. The van der Waals surface area contributed by atoms with Gasteiger partial charge in [0.05, 0.1) is 0 Å². The SMILES string of the molecule is CC1C/C=C/C(OC(=O)OC(C)(C)C)CCC1. The van der Waals surface area contributed by atoms with Gasteiger partial charge in [0.1, 0.15) is 11.7 Å². The largest absolute Gasteiger partial charge is 0.509 e. The highest BCUT2D eigenvalue weighted by atomic mass is 16.7. The van der Waals surface area contributed by atoms with Crippen LogP contribution in [0, 0.1) is 5.92 Å². The van der Waals surface area contributed by atoms with Crippen LogP contribution in [0.15, 0.2) is 12.2 Å². The molecule has 0 radical (unpaired) electrons. The molecular weight excluding hydrogens is 216 g/mol. The Morgan fingerprint density at radius 1 is 1.29 bits per heavy atom. The third kappa shape index (κ3) is 6.35. The second-order valence-corrected chi connectivity index (χ2v) is 5.82. The number of carbonyl (C=O) groups is 1. The van der Waals surface area contributed by atoms with E-state index in [0.29, 0.717) is 0 Å². The predicted octanol–water partition coefficient (Wildman–Crippen LogP) is 4.07. The maximum Gasteiger partial charge on any atom is 0.509 e. The van der Waals surface area contributed by atoms with Crippen molar-refractivity contribution in [3.05, 3.63) is 12.2 Å². The van der Waals surface area contributed by atoms with Crippen LogP contribution in [0.5, 0.6) is 0 Å². The number of carbonyl (C=O) groups excluding carboxylic acids is 1. The van der Waals surface area contributed by atoms with E-state index in [0.717, 1.165) is 25.2 Å². The van der Waals surface area contributed by atoms with Crippen LogP contribution in [0.1, 0.15) is 53.4 Å².